The monoisotopic (exact) mass is 379 g/mol. The predicted molar refractivity (Wildman–Crippen MR) is 104 cm³/mol. The zero-order chi connectivity index (χ0) is 19.5. The fourth-order valence-corrected chi connectivity index (χ4v) is 3.59. The van der Waals surface area contributed by atoms with Crippen LogP contribution in [-0.2, 0) is 33.7 Å². The molecule has 0 saturated carbocycles. The molecule has 1 aliphatic rings. The normalized spacial score (nSPS) is 12.8. The number of esters is 1. The van der Waals surface area contributed by atoms with E-state index < -0.39 is 11.9 Å². The molecule has 4 rings (SSSR count). The average Bonchev–Trinajstić information content (AvgIpc) is 3.31. The molecule has 0 spiro atoms. The number of para-hydroxylation sites is 1. The molecule has 2 aromatic carbocycles. The first-order valence-corrected chi connectivity index (χ1v) is 9.24. The number of anilines is 1. The summed E-state index contributed by atoms with van der Waals surface area (Å²) in [5.74, 6) is -1.02. The molecule has 1 aromatic heterocycles. The predicted octanol–water partition coefficient (Wildman–Crippen LogP) is 3.86. The van der Waals surface area contributed by atoms with E-state index in [1.807, 2.05) is 36.4 Å². The maximum atomic E-state index is 12.5. The number of fused-ring (bicyclic) bond motifs is 2. The Morgan fingerprint density at radius 2 is 1.93 bits per heavy atom. The standard InChI is InChI=1S/C22H21NO5/c1-26-12-18-17-7-2-3-8-19(17)28-21(18)22(25)27-13-20(24)23-16-10-9-14-5-4-6-15(14)11-16/h2-3,7-11H,4-6,12-13H2,1H3,(H,23,24). The van der Waals surface area contributed by atoms with Crippen LogP contribution in [0.3, 0.4) is 0 Å². The van der Waals surface area contributed by atoms with Gasteiger partial charge in [0, 0.05) is 23.7 Å². The van der Waals surface area contributed by atoms with Crippen molar-refractivity contribution >= 4 is 28.5 Å². The fourth-order valence-electron chi connectivity index (χ4n) is 3.59. The number of furan rings is 1. The fraction of sp³-hybridized carbons (Fsp3) is 0.273. The minimum absolute atomic E-state index is 0.0633. The third kappa shape index (κ3) is 3.64. The lowest BCUT2D eigenvalue weighted by atomic mass is 10.1. The first-order chi connectivity index (χ1) is 13.7. The van der Waals surface area contributed by atoms with Crippen LogP contribution in [0.5, 0.6) is 0 Å². The highest BCUT2D eigenvalue weighted by atomic mass is 16.5. The maximum absolute atomic E-state index is 12.5. The molecule has 6 nitrogen and oxygen atoms in total. The number of hydrogen-bond donors (Lipinski definition) is 1. The van der Waals surface area contributed by atoms with Gasteiger partial charge in [0.25, 0.3) is 5.91 Å². The second kappa shape index (κ2) is 7.86. The zero-order valence-electron chi connectivity index (χ0n) is 15.6. The van der Waals surface area contributed by atoms with Crippen LogP contribution in [0.2, 0.25) is 0 Å². The number of carbonyl (C=O) groups excluding carboxylic acids is 2. The SMILES string of the molecule is COCc1c(C(=O)OCC(=O)Nc2ccc3c(c2)CCC3)oc2ccccc12. The van der Waals surface area contributed by atoms with E-state index >= 15 is 0 Å². The van der Waals surface area contributed by atoms with Crippen molar-refractivity contribution in [1.82, 2.24) is 0 Å². The Kier molecular flexibility index (Phi) is 5.12. The Bertz CT molecular complexity index is 1040. The molecular weight excluding hydrogens is 358 g/mol. The van der Waals surface area contributed by atoms with Gasteiger partial charge in [-0.1, -0.05) is 24.3 Å². The summed E-state index contributed by atoms with van der Waals surface area (Å²) in [5, 5.41) is 3.56. The molecular formula is C22H21NO5. The van der Waals surface area contributed by atoms with Gasteiger partial charge in [-0.15, -0.1) is 0 Å². The van der Waals surface area contributed by atoms with Gasteiger partial charge in [0.15, 0.2) is 6.61 Å². The average molecular weight is 379 g/mol. The van der Waals surface area contributed by atoms with Crippen molar-refractivity contribution in [3.63, 3.8) is 0 Å². The number of rotatable bonds is 6. The lowest BCUT2D eigenvalue weighted by Crippen LogP contribution is -2.21. The van der Waals surface area contributed by atoms with Crippen LogP contribution in [0, 0.1) is 0 Å². The molecule has 0 saturated heterocycles. The number of methoxy groups -OCH3 is 1. The van der Waals surface area contributed by atoms with Gasteiger partial charge in [-0.3, -0.25) is 4.79 Å². The van der Waals surface area contributed by atoms with Crippen LogP contribution < -0.4 is 5.32 Å². The largest absolute Gasteiger partial charge is 0.450 e. The van der Waals surface area contributed by atoms with E-state index in [-0.39, 0.29) is 19.0 Å². The molecule has 0 unspecified atom stereocenters. The Balaban J connectivity index is 1.42. The Hall–Kier alpha value is -3.12. The Morgan fingerprint density at radius 3 is 2.79 bits per heavy atom. The van der Waals surface area contributed by atoms with Crippen molar-refractivity contribution in [2.45, 2.75) is 25.9 Å². The van der Waals surface area contributed by atoms with Crippen LogP contribution in [0.1, 0.15) is 33.7 Å². The van der Waals surface area contributed by atoms with Gasteiger partial charge >= 0.3 is 5.97 Å². The van der Waals surface area contributed by atoms with Gasteiger partial charge in [0.1, 0.15) is 5.58 Å². The van der Waals surface area contributed by atoms with Crippen LogP contribution in [0.15, 0.2) is 46.9 Å². The van der Waals surface area contributed by atoms with Crippen LogP contribution in [0.4, 0.5) is 5.69 Å². The van der Waals surface area contributed by atoms with Gasteiger partial charge in [-0.25, -0.2) is 4.79 Å². The molecule has 1 N–H and O–H groups in total. The summed E-state index contributed by atoms with van der Waals surface area (Å²) in [6, 6.07) is 13.2. The lowest BCUT2D eigenvalue weighted by Gasteiger charge is -2.08. The molecule has 0 fully saturated rings. The van der Waals surface area contributed by atoms with E-state index in [2.05, 4.69) is 5.32 Å². The van der Waals surface area contributed by atoms with E-state index in [1.54, 1.807) is 13.2 Å². The summed E-state index contributed by atoms with van der Waals surface area (Å²) in [4.78, 5) is 24.7. The quantitative estimate of drug-likeness (QED) is 0.658. The molecule has 0 bridgehead atoms. The molecule has 0 aliphatic heterocycles. The zero-order valence-corrected chi connectivity index (χ0v) is 15.6. The highest BCUT2D eigenvalue weighted by Gasteiger charge is 2.22. The minimum atomic E-state index is -0.688. The van der Waals surface area contributed by atoms with Crippen molar-refractivity contribution in [3.05, 3.63) is 64.9 Å². The summed E-state index contributed by atoms with van der Waals surface area (Å²) in [7, 11) is 1.54. The number of ether oxygens (including phenoxy) is 2. The van der Waals surface area contributed by atoms with Crippen LogP contribution in [-0.4, -0.2) is 25.6 Å². The molecule has 1 amide bonds. The number of amides is 1. The third-order valence-corrected chi connectivity index (χ3v) is 4.89. The number of benzene rings is 2. The van der Waals surface area contributed by atoms with Crippen LogP contribution in [0.25, 0.3) is 11.0 Å². The minimum Gasteiger partial charge on any atom is -0.450 e. The summed E-state index contributed by atoms with van der Waals surface area (Å²) in [6.45, 7) is -0.178. The lowest BCUT2D eigenvalue weighted by molar-refractivity contribution is -0.119. The third-order valence-electron chi connectivity index (χ3n) is 4.89. The topological polar surface area (TPSA) is 77.8 Å². The van der Waals surface area contributed by atoms with Crippen molar-refractivity contribution < 1.29 is 23.5 Å². The highest BCUT2D eigenvalue weighted by molar-refractivity contribution is 5.98. The van der Waals surface area contributed by atoms with Crippen molar-refractivity contribution in [1.29, 1.82) is 0 Å². The van der Waals surface area contributed by atoms with E-state index in [0.29, 0.717) is 16.8 Å². The molecule has 28 heavy (non-hydrogen) atoms. The summed E-state index contributed by atoms with van der Waals surface area (Å²) in [6.07, 6.45) is 3.26. The van der Waals surface area contributed by atoms with Crippen LogP contribution >= 0.6 is 0 Å². The molecule has 3 aromatic rings. The number of aryl methyl sites for hydroxylation is 2. The number of carbonyl (C=O) groups is 2. The number of nitrogens with one attached hydrogen (secondary N) is 1. The first-order valence-electron chi connectivity index (χ1n) is 9.24. The summed E-state index contributed by atoms with van der Waals surface area (Å²) in [5.41, 5.74) is 4.50. The van der Waals surface area contributed by atoms with Crippen molar-refractivity contribution in [2.75, 3.05) is 19.0 Å². The highest BCUT2D eigenvalue weighted by Crippen LogP contribution is 2.27. The molecule has 6 heteroatoms. The second-order valence-electron chi connectivity index (χ2n) is 6.80. The molecule has 0 atom stereocenters. The smallest absolute Gasteiger partial charge is 0.375 e. The van der Waals surface area contributed by atoms with Gasteiger partial charge in [-0.05, 0) is 48.6 Å². The first kappa shape index (κ1) is 18.3. The van der Waals surface area contributed by atoms with Crippen molar-refractivity contribution in [3.8, 4) is 0 Å². The Labute approximate surface area is 162 Å². The van der Waals surface area contributed by atoms with Gasteiger partial charge < -0.3 is 19.2 Å². The van der Waals surface area contributed by atoms with E-state index in [1.165, 1.54) is 11.1 Å². The second-order valence-corrected chi connectivity index (χ2v) is 6.80. The Morgan fingerprint density at radius 1 is 1.11 bits per heavy atom. The molecule has 1 heterocycles. The summed E-state index contributed by atoms with van der Waals surface area (Å²) < 4.78 is 16.0. The van der Waals surface area contributed by atoms with E-state index in [0.717, 1.165) is 24.6 Å². The van der Waals surface area contributed by atoms with E-state index in [4.69, 9.17) is 13.9 Å². The molecule has 144 valence electrons. The van der Waals surface area contributed by atoms with Crippen molar-refractivity contribution in [2.24, 2.45) is 0 Å². The van der Waals surface area contributed by atoms with Gasteiger partial charge in [-0.2, -0.15) is 0 Å². The summed E-state index contributed by atoms with van der Waals surface area (Å²) >= 11 is 0. The number of hydrogen-bond acceptors (Lipinski definition) is 5. The van der Waals surface area contributed by atoms with Gasteiger partial charge in [0.2, 0.25) is 5.76 Å². The molecule has 0 radical (unpaired) electrons. The van der Waals surface area contributed by atoms with Gasteiger partial charge in [0.05, 0.1) is 6.61 Å². The van der Waals surface area contributed by atoms with E-state index in [9.17, 15) is 9.59 Å². The molecule has 1 aliphatic carbocycles. The maximum Gasteiger partial charge on any atom is 0.375 e.